The van der Waals surface area contributed by atoms with Gasteiger partial charge in [-0.3, -0.25) is 0 Å². The standard InChI is InChI=1S/C14H16Br2O3/c1-4-6-10-7-11(15)14(12(16)8-10)19-9(3)18-13(17)5-2/h5,7-9H,2,4,6H2,1,3H3. The minimum absolute atomic E-state index is 0.512. The molecule has 0 aliphatic rings. The van der Waals surface area contributed by atoms with E-state index in [0.717, 1.165) is 27.9 Å². The Balaban J connectivity index is 2.83. The SMILES string of the molecule is C=CC(=O)OC(C)Oc1c(Br)cc(CCC)cc1Br. The lowest BCUT2D eigenvalue weighted by Crippen LogP contribution is -2.20. The fourth-order valence-corrected chi connectivity index (χ4v) is 3.03. The second-order valence-corrected chi connectivity index (χ2v) is 5.67. The van der Waals surface area contributed by atoms with Crippen molar-refractivity contribution in [2.24, 2.45) is 0 Å². The number of ether oxygens (including phenoxy) is 2. The summed E-state index contributed by atoms with van der Waals surface area (Å²) >= 11 is 6.93. The fraction of sp³-hybridized carbons (Fsp3) is 0.357. The Labute approximate surface area is 130 Å². The number of rotatable bonds is 6. The van der Waals surface area contributed by atoms with Crippen LogP contribution in [0.4, 0.5) is 0 Å². The second-order valence-electron chi connectivity index (χ2n) is 3.97. The normalized spacial score (nSPS) is 11.8. The van der Waals surface area contributed by atoms with E-state index in [9.17, 15) is 4.79 Å². The van der Waals surface area contributed by atoms with Crippen LogP contribution in [0.15, 0.2) is 33.7 Å². The largest absolute Gasteiger partial charge is 0.453 e. The van der Waals surface area contributed by atoms with E-state index in [-0.39, 0.29) is 0 Å². The highest BCUT2D eigenvalue weighted by Crippen LogP contribution is 2.35. The van der Waals surface area contributed by atoms with Crippen molar-refractivity contribution in [1.82, 2.24) is 0 Å². The summed E-state index contributed by atoms with van der Waals surface area (Å²) in [6.07, 6.45) is 2.49. The van der Waals surface area contributed by atoms with Crippen molar-refractivity contribution in [2.75, 3.05) is 0 Å². The van der Waals surface area contributed by atoms with Crippen LogP contribution in [0.3, 0.4) is 0 Å². The molecule has 0 amide bonds. The van der Waals surface area contributed by atoms with Gasteiger partial charge in [0.1, 0.15) is 0 Å². The minimum Gasteiger partial charge on any atom is -0.453 e. The van der Waals surface area contributed by atoms with Gasteiger partial charge in [-0.05, 0) is 56.0 Å². The highest BCUT2D eigenvalue weighted by molar-refractivity contribution is 9.11. The maximum atomic E-state index is 11.1. The van der Waals surface area contributed by atoms with Crippen LogP contribution in [0.1, 0.15) is 25.8 Å². The monoisotopic (exact) mass is 390 g/mol. The van der Waals surface area contributed by atoms with Crippen LogP contribution in [0.2, 0.25) is 0 Å². The summed E-state index contributed by atoms with van der Waals surface area (Å²) in [5.74, 6) is 0.103. The molecule has 0 heterocycles. The molecule has 1 unspecified atom stereocenters. The van der Waals surface area contributed by atoms with E-state index < -0.39 is 12.3 Å². The molecule has 5 heteroatoms. The summed E-state index contributed by atoms with van der Waals surface area (Å²) in [5, 5.41) is 0. The third-order valence-electron chi connectivity index (χ3n) is 2.33. The fourth-order valence-electron chi connectivity index (χ4n) is 1.56. The van der Waals surface area contributed by atoms with Crippen molar-refractivity contribution in [2.45, 2.75) is 33.0 Å². The molecule has 3 nitrogen and oxygen atoms in total. The Morgan fingerprint density at radius 1 is 1.42 bits per heavy atom. The maximum Gasteiger partial charge on any atom is 0.333 e. The van der Waals surface area contributed by atoms with Crippen molar-refractivity contribution >= 4 is 37.8 Å². The molecule has 104 valence electrons. The van der Waals surface area contributed by atoms with Gasteiger partial charge in [-0.2, -0.15) is 0 Å². The Morgan fingerprint density at radius 2 is 2.00 bits per heavy atom. The van der Waals surface area contributed by atoms with E-state index in [0.29, 0.717) is 5.75 Å². The van der Waals surface area contributed by atoms with Crippen molar-refractivity contribution in [3.63, 3.8) is 0 Å². The average Bonchev–Trinajstić information content (AvgIpc) is 2.34. The zero-order valence-corrected chi connectivity index (χ0v) is 14.1. The molecular formula is C14H16Br2O3. The number of aryl methyl sites for hydroxylation is 1. The molecule has 0 aliphatic carbocycles. The van der Waals surface area contributed by atoms with E-state index in [1.807, 2.05) is 12.1 Å². The van der Waals surface area contributed by atoms with Crippen molar-refractivity contribution in [3.05, 3.63) is 39.3 Å². The summed E-state index contributed by atoms with van der Waals surface area (Å²) in [7, 11) is 0. The summed E-state index contributed by atoms with van der Waals surface area (Å²) in [4.78, 5) is 11.1. The van der Waals surface area contributed by atoms with Gasteiger partial charge in [-0.15, -0.1) is 0 Å². The third-order valence-corrected chi connectivity index (χ3v) is 3.51. The molecule has 19 heavy (non-hydrogen) atoms. The van der Waals surface area contributed by atoms with Gasteiger partial charge in [0.25, 0.3) is 0 Å². The highest BCUT2D eigenvalue weighted by atomic mass is 79.9. The number of hydrogen-bond donors (Lipinski definition) is 0. The van der Waals surface area contributed by atoms with Gasteiger partial charge >= 0.3 is 5.97 Å². The molecular weight excluding hydrogens is 376 g/mol. The molecule has 0 saturated carbocycles. The lowest BCUT2D eigenvalue weighted by Gasteiger charge is -2.17. The average molecular weight is 392 g/mol. The lowest BCUT2D eigenvalue weighted by molar-refractivity contribution is -0.155. The van der Waals surface area contributed by atoms with Gasteiger partial charge in [-0.25, -0.2) is 4.79 Å². The van der Waals surface area contributed by atoms with E-state index in [4.69, 9.17) is 9.47 Å². The Morgan fingerprint density at radius 3 is 2.47 bits per heavy atom. The molecule has 0 N–H and O–H groups in total. The van der Waals surface area contributed by atoms with Gasteiger partial charge in [0.05, 0.1) is 8.95 Å². The minimum atomic E-state index is -0.685. The highest BCUT2D eigenvalue weighted by Gasteiger charge is 2.14. The van der Waals surface area contributed by atoms with Crippen LogP contribution >= 0.6 is 31.9 Å². The predicted octanol–water partition coefficient (Wildman–Crippen LogP) is 4.62. The predicted molar refractivity (Wildman–Crippen MR) is 82.2 cm³/mol. The first-order valence-electron chi connectivity index (χ1n) is 5.95. The summed E-state index contributed by atoms with van der Waals surface area (Å²) in [5.41, 5.74) is 1.21. The summed E-state index contributed by atoms with van der Waals surface area (Å²) in [6, 6.07) is 4.01. The maximum absolute atomic E-state index is 11.1. The molecule has 0 saturated heterocycles. The smallest absolute Gasteiger partial charge is 0.333 e. The summed E-state index contributed by atoms with van der Waals surface area (Å²) in [6.45, 7) is 7.12. The molecule has 1 aromatic rings. The molecule has 0 bridgehead atoms. The number of halogens is 2. The number of carbonyl (C=O) groups is 1. The Hall–Kier alpha value is -0.810. The first-order chi connectivity index (χ1) is 8.97. The van der Waals surface area contributed by atoms with Gasteiger partial charge in [-0.1, -0.05) is 19.9 Å². The molecule has 0 spiro atoms. The third kappa shape index (κ3) is 4.99. The molecule has 0 aromatic heterocycles. The molecule has 0 aliphatic heterocycles. The second kappa shape index (κ2) is 7.70. The quantitative estimate of drug-likeness (QED) is 0.403. The first kappa shape index (κ1) is 16.2. The van der Waals surface area contributed by atoms with Crippen LogP contribution in [0, 0.1) is 0 Å². The van der Waals surface area contributed by atoms with Crippen LogP contribution in [0.5, 0.6) is 5.75 Å². The molecule has 1 rings (SSSR count). The molecule has 0 fully saturated rings. The molecule has 1 atom stereocenters. The van der Waals surface area contributed by atoms with E-state index in [1.165, 1.54) is 5.56 Å². The Bertz CT molecular complexity index is 449. The van der Waals surface area contributed by atoms with Crippen molar-refractivity contribution in [1.29, 1.82) is 0 Å². The van der Waals surface area contributed by atoms with Gasteiger partial charge in [0.15, 0.2) is 5.75 Å². The van der Waals surface area contributed by atoms with Crippen LogP contribution in [-0.2, 0) is 16.0 Å². The van der Waals surface area contributed by atoms with Crippen LogP contribution in [0.25, 0.3) is 0 Å². The number of benzene rings is 1. The van der Waals surface area contributed by atoms with Gasteiger partial charge in [0, 0.05) is 13.0 Å². The van der Waals surface area contributed by atoms with E-state index in [2.05, 4.69) is 45.4 Å². The van der Waals surface area contributed by atoms with Gasteiger partial charge in [0.2, 0.25) is 6.29 Å². The van der Waals surface area contributed by atoms with Crippen molar-refractivity contribution < 1.29 is 14.3 Å². The topological polar surface area (TPSA) is 35.5 Å². The summed E-state index contributed by atoms with van der Waals surface area (Å²) < 4.78 is 12.2. The van der Waals surface area contributed by atoms with Gasteiger partial charge < -0.3 is 9.47 Å². The number of carbonyl (C=O) groups excluding carboxylic acids is 1. The van der Waals surface area contributed by atoms with E-state index >= 15 is 0 Å². The Kier molecular flexibility index (Phi) is 6.58. The molecule has 0 radical (unpaired) electrons. The van der Waals surface area contributed by atoms with Crippen LogP contribution < -0.4 is 4.74 Å². The number of hydrogen-bond acceptors (Lipinski definition) is 3. The number of esters is 1. The lowest BCUT2D eigenvalue weighted by atomic mass is 10.1. The first-order valence-corrected chi connectivity index (χ1v) is 7.54. The van der Waals surface area contributed by atoms with Crippen molar-refractivity contribution in [3.8, 4) is 5.75 Å². The van der Waals surface area contributed by atoms with E-state index in [1.54, 1.807) is 6.92 Å². The zero-order chi connectivity index (χ0) is 14.4. The molecule has 1 aromatic carbocycles. The van der Waals surface area contributed by atoms with Crippen LogP contribution in [-0.4, -0.2) is 12.3 Å². The zero-order valence-electron chi connectivity index (χ0n) is 10.9.